The summed E-state index contributed by atoms with van der Waals surface area (Å²) < 4.78 is 0. The lowest BCUT2D eigenvalue weighted by Gasteiger charge is -2.19. The lowest BCUT2D eigenvalue weighted by Crippen LogP contribution is -2.34. The van der Waals surface area contributed by atoms with Gasteiger partial charge >= 0.3 is 0 Å². The monoisotopic (exact) mass is 388 g/mol. The average Bonchev–Trinajstić information content (AvgIpc) is 3.31. The summed E-state index contributed by atoms with van der Waals surface area (Å²) in [4.78, 5) is 47.6. The van der Waals surface area contributed by atoms with E-state index in [4.69, 9.17) is 0 Å². The molecule has 2 aliphatic rings. The second-order valence-electron chi connectivity index (χ2n) is 7.25. The van der Waals surface area contributed by atoms with E-state index in [0.29, 0.717) is 35.3 Å². The molecule has 4 heterocycles. The fraction of sp³-hybridized carbons (Fsp3) is 0.529. The summed E-state index contributed by atoms with van der Waals surface area (Å²) in [6.45, 7) is 6.58. The molecule has 142 valence electrons. The molecule has 1 N–H and O–H groups in total. The van der Waals surface area contributed by atoms with Gasteiger partial charge in [-0.25, -0.2) is 4.98 Å². The molecule has 2 aromatic rings. The van der Waals surface area contributed by atoms with Gasteiger partial charge in [0.15, 0.2) is 0 Å². The molecule has 2 aliphatic heterocycles. The molecule has 0 spiro atoms. The summed E-state index contributed by atoms with van der Waals surface area (Å²) in [5.41, 5.74) is 0.962. The fourth-order valence-corrected chi connectivity index (χ4v) is 4.30. The number of aryl methyl sites for hydroxylation is 1. The van der Waals surface area contributed by atoms with Crippen molar-refractivity contribution in [2.24, 2.45) is 5.92 Å². The molecule has 1 saturated heterocycles. The largest absolute Gasteiger partial charge is 0.332 e. The zero-order valence-electron chi connectivity index (χ0n) is 15.4. The van der Waals surface area contributed by atoms with E-state index in [0.717, 1.165) is 5.01 Å². The third-order valence-electron chi connectivity index (χ3n) is 4.85. The molecule has 0 radical (unpaired) electrons. The third kappa shape index (κ3) is 3.14. The van der Waals surface area contributed by atoms with Crippen molar-refractivity contribution in [3.63, 3.8) is 0 Å². The number of hydrogen-bond donors (Lipinski definition) is 1. The smallest absolute Gasteiger partial charge is 0.256 e. The van der Waals surface area contributed by atoms with Crippen LogP contribution in [0, 0.1) is 12.8 Å². The number of aromatic nitrogens is 4. The van der Waals surface area contributed by atoms with E-state index in [-0.39, 0.29) is 36.3 Å². The maximum Gasteiger partial charge on any atom is 0.256 e. The lowest BCUT2D eigenvalue weighted by atomic mass is 10.1. The van der Waals surface area contributed by atoms with Crippen molar-refractivity contribution in [1.29, 1.82) is 0 Å². The Labute approximate surface area is 159 Å². The number of hydrogen-bond acceptors (Lipinski definition) is 7. The van der Waals surface area contributed by atoms with Crippen molar-refractivity contribution in [3.05, 3.63) is 32.4 Å². The van der Waals surface area contributed by atoms with Gasteiger partial charge in [-0.3, -0.25) is 19.3 Å². The number of H-pyrrole nitrogens is 1. The standard InChI is InChI=1S/C17H20N6O3S/c1-8(2)15-20-21-17(27-15)23-5-10(4-13(23)24)16(26)22-6-11-12(7-22)18-9(3)19-14(11)25/h8,10H,4-7H2,1-3H3,(H,18,19,25). The zero-order valence-corrected chi connectivity index (χ0v) is 16.2. The summed E-state index contributed by atoms with van der Waals surface area (Å²) in [5, 5.41) is 9.63. The molecule has 10 heteroatoms. The van der Waals surface area contributed by atoms with Gasteiger partial charge in [-0.2, -0.15) is 0 Å². The Morgan fingerprint density at radius 2 is 2.04 bits per heavy atom. The molecule has 27 heavy (non-hydrogen) atoms. The second kappa shape index (κ2) is 6.52. The molecule has 1 unspecified atom stereocenters. The Morgan fingerprint density at radius 3 is 2.74 bits per heavy atom. The van der Waals surface area contributed by atoms with Crippen molar-refractivity contribution in [3.8, 4) is 0 Å². The van der Waals surface area contributed by atoms with Gasteiger partial charge in [-0.1, -0.05) is 25.2 Å². The van der Waals surface area contributed by atoms with E-state index in [2.05, 4.69) is 20.2 Å². The van der Waals surface area contributed by atoms with Crippen molar-refractivity contribution in [2.45, 2.75) is 46.2 Å². The number of rotatable bonds is 3. The van der Waals surface area contributed by atoms with Gasteiger partial charge in [0.1, 0.15) is 10.8 Å². The molecule has 0 saturated carbocycles. The van der Waals surface area contributed by atoms with E-state index >= 15 is 0 Å². The van der Waals surface area contributed by atoms with Crippen LogP contribution >= 0.6 is 11.3 Å². The van der Waals surface area contributed by atoms with Crippen LogP contribution in [-0.2, 0) is 22.7 Å². The molecule has 4 rings (SSSR count). The van der Waals surface area contributed by atoms with Crippen molar-refractivity contribution >= 4 is 28.3 Å². The van der Waals surface area contributed by atoms with Crippen LogP contribution in [0.25, 0.3) is 0 Å². The highest BCUT2D eigenvalue weighted by Crippen LogP contribution is 2.32. The quantitative estimate of drug-likeness (QED) is 0.838. The van der Waals surface area contributed by atoms with E-state index in [9.17, 15) is 14.4 Å². The van der Waals surface area contributed by atoms with Crippen LogP contribution in [0.5, 0.6) is 0 Å². The van der Waals surface area contributed by atoms with Crippen LogP contribution in [0.15, 0.2) is 4.79 Å². The molecule has 0 aromatic carbocycles. The van der Waals surface area contributed by atoms with Crippen LogP contribution < -0.4 is 10.5 Å². The predicted molar refractivity (Wildman–Crippen MR) is 98.3 cm³/mol. The average molecular weight is 388 g/mol. The number of aromatic amines is 1. The molecule has 0 bridgehead atoms. The SMILES string of the molecule is Cc1nc2c(c(=O)[nH]1)CN(C(=O)C1CC(=O)N(c3nnc(C(C)C)s3)C1)C2. The molecular formula is C17H20N6O3S. The number of fused-ring (bicyclic) bond motifs is 1. The minimum Gasteiger partial charge on any atom is -0.332 e. The minimum absolute atomic E-state index is 0.122. The van der Waals surface area contributed by atoms with Gasteiger partial charge < -0.3 is 9.88 Å². The molecule has 9 nitrogen and oxygen atoms in total. The number of carbonyl (C=O) groups is 2. The highest BCUT2D eigenvalue weighted by atomic mass is 32.1. The van der Waals surface area contributed by atoms with Crippen LogP contribution in [0.2, 0.25) is 0 Å². The van der Waals surface area contributed by atoms with Crippen LogP contribution in [0.1, 0.15) is 48.3 Å². The van der Waals surface area contributed by atoms with E-state index < -0.39 is 5.92 Å². The summed E-state index contributed by atoms with van der Waals surface area (Å²) >= 11 is 1.38. The summed E-state index contributed by atoms with van der Waals surface area (Å²) in [6, 6.07) is 0. The fourth-order valence-electron chi connectivity index (χ4n) is 3.43. The first-order valence-corrected chi connectivity index (χ1v) is 9.66. The van der Waals surface area contributed by atoms with Crippen molar-refractivity contribution in [1.82, 2.24) is 25.1 Å². The van der Waals surface area contributed by atoms with Gasteiger partial charge in [-0.05, 0) is 6.92 Å². The molecule has 1 fully saturated rings. The minimum atomic E-state index is -0.446. The maximum atomic E-state index is 12.9. The summed E-state index contributed by atoms with van der Waals surface area (Å²) in [6.07, 6.45) is 0.144. The molecule has 2 aromatic heterocycles. The first-order chi connectivity index (χ1) is 12.8. The first kappa shape index (κ1) is 17.8. The lowest BCUT2D eigenvalue weighted by molar-refractivity contribution is -0.136. The van der Waals surface area contributed by atoms with Gasteiger partial charge in [0.25, 0.3) is 5.56 Å². The number of nitrogens with zero attached hydrogens (tertiary/aromatic N) is 5. The normalized spacial score (nSPS) is 19.3. The first-order valence-electron chi connectivity index (χ1n) is 8.84. The van der Waals surface area contributed by atoms with Gasteiger partial charge in [0.2, 0.25) is 16.9 Å². The maximum absolute atomic E-state index is 12.9. The molecule has 0 aliphatic carbocycles. The number of nitrogens with one attached hydrogen (secondary N) is 1. The Hall–Kier alpha value is -2.62. The van der Waals surface area contributed by atoms with Gasteiger partial charge in [0, 0.05) is 18.9 Å². The third-order valence-corrected chi connectivity index (χ3v) is 6.10. The Kier molecular flexibility index (Phi) is 4.29. The van der Waals surface area contributed by atoms with E-state index in [1.807, 2.05) is 13.8 Å². The van der Waals surface area contributed by atoms with E-state index in [1.165, 1.54) is 11.3 Å². The summed E-state index contributed by atoms with van der Waals surface area (Å²) in [7, 11) is 0. The van der Waals surface area contributed by atoms with Gasteiger partial charge in [0.05, 0.1) is 30.3 Å². The second-order valence-corrected chi connectivity index (χ2v) is 8.24. The highest BCUT2D eigenvalue weighted by Gasteiger charge is 2.40. The molecule has 1 atom stereocenters. The molecular weight excluding hydrogens is 368 g/mol. The Balaban J connectivity index is 1.48. The highest BCUT2D eigenvalue weighted by molar-refractivity contribution is 7.15. The van der Waals surface area contributed by atoms with Crippen LogP contribution in [-0.4, -0.2) is 43.4 Å². The number of anilines is 1. The van der Waals surface area contributed by atoms with Gasteiger partial charge in [-0.15, -0.1) is 10.2 Å². The summed E-state index contributed by atoms with van der Waals surface area (Å²) in [5.74, 6) is 0.0762. The van der Waals surface area contributed by atoms with Crippen LogP contribution in [0.3, 0.4) is 0 Å². The Morgan fingerprint density at radius 1 is 1.26 bits per heavy atom. The number of carbonyl (C=O) groups excluding carboxylic acids is 2. The predicted octanol–water partition coefficient (Wildman–Crippen LogP) is 0.949. The number of amides is 2. The zero-order chi connectivity index (χ0) is 19.3. The molecule has 2 amide bonds. The van der Waals surface area contributed by atoms with Crippen LogP contribution in [0.4, 0.5) is 5.13 Å². The Bertz CT molecular complexity index is 981. The van der Waals surface area contributed by atoms with Crippen molar-refractivity contribution < 1.29 is 9.59 Å². The van der Waals surface area contributed by atoms with Crippen molar-refractivity contribution in [2.75, 3.05) is 11.4 Å². The topological polar surface area (TPSA) is 112 Å². The van der Waals surface area contributed by atoms with E-state index in [1.54, 1.807) is 16.7 Å².